The van der Waals surface area contributed by atoms with Crippen LogP contribution in [0, 0.1) is 5.92 Å². The number of esters is 1. The van der Waals surface area contributed by atoms with Gasteiger partial charge in [-0.15, -0.1) is 0 Å². The van der Waals surface area contributed by atoms with Crippen LogP contribution in [0.5, 0.6) is 0 Å². The fourth-order valence-corrected chi connectivity index (χ4v) is 3.38. The fourth-order valence-electron chi connectivity index (χ4n) is 3.38. The molecule has 1 heterocycles. The van der Waals surface area contributed by atoms with Crippen molar-refractivity contribution in [2.45, 2.75) is 39.7 Å². The van der Waals surface area contributed by atoms with Crippen molar-refractivity contribution < 1.29 is 23.9 Å². The number of benzene rings is 2. The van der Waals surface area contributed by atoms with Gasteiger partial charge in [0.15, 0.2) is 11.9 Å². The van der Waals surface area contributed by atoms with Crippen LogP contribution in [0.15, 0.2) is 48.5 Å². The molecule has 0 bridgehead atoms. The Labute approximate surface area is 181 Å². The molecule has 1 aliphatic rings. The van der Waals surface area contributed by atoms with Crippen molar-refractivity contribution in [3.63, 3.8) is 0 Å². The topological polar surface area (TPSA) is 92.8 Å². The Kier molecular flexibility index (Phi) is 6.84. The monoisotopic (exact) mass is 422 g/mol. The predicted molar refractivity (Wildman–Crippen MR) is 117 cm³/mol. The second kappa shape index (κ2) is 9.55. The molecule has 7 nitrogen and oxygen atoms in total. The molecule has 2 atom stereocenters. The van der Waals surface area contributed by atoms with Gasteiger partial charge in [0, 0.05) is 29.9 Å². The largest absolute Gasteiger partial charge is 0.452 e. The van der Waals surface area contributed by atoms with Crippen LogP contribution < -0.4 is 10.2 Å². The van der Waals surface area contributed by atoms with E-state index in [1.807, 2.05) is 24.3 Å². The zero-order valence-corrected chi connectivity index (χ0v) is 17.9. The number of ether oxygens (including phenoxy) is 1. The molecule has 0 radical (unpaired) electrons. The molecule has 7 heteroatoms. The number of ketones is 1. The summed E-state index contributed by atoms with van der Waals surface area (Å²) in [5.74, 6) is -1.89. The third-order valence-corrected chi connectivity index (χ3v) is 5.34. The Morgan fingerprint density at radius 2 is 1.74 bits per heavy atom. The highest BCUT2D eigenvalue weighted by molar-refractivity contribution is 6.00. The third kappa shape index (κ3) is 5.36. The minimum Gasteiger partial charge on any atom is -0.452 e. The van der Waals surface area contributed by atoms with E-state index in [4.69, 9.17) is 4.74 Å². The van der Waals surface area contributed by atoms with Gasteiger partial charge in [-0.25, -0.2) is 0 Å². The Morgan fingerprint density at radius 1 is 1.10 bits per heavy atom. The summed E-state index contributed by atoms with van der Waals surface area (Å²) >= 11 is 0. The van der Waals surface area contributed by atoms with Gasteiger partial charge in [0.2, 0.25) is 5.91 Å². The lowest BCUT2D eigenvalue weighted by Crippen LogP contribution is -2.33. The number of aryl methyl sites for hydroxylation is 1. The van der Waals surface area contributed by atoms with Crippen LogP contribution in [0.25, 0.3) is 0 Å². The molecule has 1 N–H and O–H groups in total. The fraction of sp³-hybridized carbons (Fsp3) is 0.333. The highest BCUT2D eigenvalue weighted by atomic mass is 16.5. The maximum Gasteiger partial charge on any atom is 0.312 e. The van der Waals surface area contributed by atoms with Gasteiger partial charge in [-0.05, 0) is 62.2 Å². The van der Waals surface area contributed by atoms with E-state index in [1.165, 1.54) is 19.4 Å². The van der Waals surface area contributed by atoms with Crippen LogP contribution in [0.2, 0.25) is 0 Å². The van der Waals surface area contributed by atoms with Gasteiger partial charge in [0.25, 0.3) is 5.91 Å². The normalized spacial score (nSPS) is 16.7. The number of anilines is 2. The standard InChI is InChI=1S/C24H26N2O5/c1-4-17-5-11-21(12-6-17)26-14-19(13-22(26)28)24(30)31-16(3)23(29)25-20-9-7-18(8-10-20)15(2)27/h5-12,16,19H,4,13-14H2,1-3H3,(H,25,29)/t16-,19-/m1/s1. The van der Waals surface area contributed by atoms with Crippen molar-refractivity contribution in [1.29, 1.82) is 0 Å². The molecule has 1 aliphatic heterocycles. The number of amides is 2. The lowest BCUT2D eigenvalue weighted by molar-refractivity contribution is -0.157. The van der Waals surface area contributed by atoms with Crippen LogP contribution in [0.3, 0.4) is 0 Å². The smallest absolute Gasteiger partial charge is 0.312 e. The van der Waals surface area contributed by atoms with Crippen LogP contribution in [-0.2, 0) is 25.5 Å². The van der Waals surface area contributed by atoms with Gasteiger partial charge >= 0.3 is 5.97 Å². The average Bonchev–Trinajstić information content (AvgIpc) is 3.15. The zero-order valence-electron chi connectivity index (χ0n) is 17.9. The maximum atomic E-state index is 12.5. The number of carbonyl (C=O) groups is 4. The van der Waals surface area contributed by atoms with Crippen LogP contribution in [-0.4, -0.2) is 36.2 Å². The van der Waals surface area contributed by atoms with E-state index in [-0.39, 0.29) is 24.7 Å². The first-order chi connectivity index (χ1) is 14.8. The minimum absolute atomic E-state index is 0.0508. The first kappa shape index (κ1) is 22.2. The molecule has 0 aliphatic carbocycles. The van der Waals surface area contributed by atoms with Crippen LogP contribution >= 0.6 is 0 Å². The number of nitrogens with zero attached hydrogens (tertiary/aromatic N) is 1. The van der Waals surface area contributed by atoms with Crippen molar-refractivity contribution in [3.05, 3.63) is 59.7 Å². The van der Waals surface area contributed by atoms with Gasteiger partial charge in [0.05, 0.1) is 5.92 Å². The molecule has 3 rings (SSSR count). The number of hydrogen-bond acceptors (Lipinski definition) is 5. The molecule has 0 aromatic heterocycles. The van der Waals surface area contributed by atoms with Crippen LogP contribution in [0.4, 0.5) is 11.4 Å². The molecule has 2 amide bonds. The molecule has 2 aromatic rings. The molecule has 2 aromatic carbocycles. The van der Waals surface area contributed by atoms with Gasteiger partial charge in [-0.3, -0.25) is 19.2 Å². The van der Waals surface area contributed by atoms with Gasteiger partial charge in [0.1, 0.15) is 0 Å². The van der Waals surface area contributed by atoms with E-state index in [0.717, 1.165) is 12.1 Å². The Morgan fingerprint density at radius 3 is 2.32 bits per heavy atom. The zero-order chi connectivity index (χ0) is 22.5. The lowest BCUT2D eigenvalue weighted by atomic mass is 10.1. The summed E-state index contributed by atoms with van der Waals surface area (Å²) in [6.07, 6.45) is -0.0628. The number of nitrogens with one attached hydrogen (secondary N) is 1. The molecule has 162 valence electrons. The van der Waals surface area contributed by atoms with E-state index >= 15 is 0 Å². The summed E-state index contributed by atoms with van der Waals surface area (Å²) in [4.78, 5) is 50.2. The van der Waals surface area contributed by atoms with E-state index in [2.05, 4.69) is 12.2 Å². The summed E-state index contributed by atoms with van der Waals surface area (Å²) in [7, 11) is 0. The Hall–Kier alpha value is -3.48. The van der Waals surface area contributed by atoms with Gasteiger partial charge < -0.3 is 15.0 Å². The molecule has 0 unspecified atom stereocenters. The number of rotatable bonds is 7. The average molecular weight is 422 g/mol. The van der Waals surface area contributed by atoms with Crippen molar-refractivity contribution in [2.75, 3.05) is 16.8 Å². The Balaban J connectivity index is 1.55. The molecule has 0 saturated carbocycles. The summed E-state index contributed by atoms with van der Waals surface area (Å²) in [6.45, 7) is 5.23. The summed E-state index contributed by atoms with van der Waals surface area (Å²) < 4.78 is 5.32. The van der Waals surface area contributed by atoms with E-state index in [0.29, 0.717) is 11.3 Å². The van der Waals surface area contributed by atoms with Crippen molar-refractivity contribution in [3.8, 4) is 0 Å². The molecular weight excluding hydrogens is 396 g/mol. The van der Waals surface area contributed by atoms with Gasteiger partial charge in [-0.1, -0.05) is 19.1 Å². The summed E-state index contributed by atoms with van der Waals surface area (Å²) in [6, 6.07) is 14.1. The van der Waals surface area contributed by atoms with E-state index < -0.39 is 23.9 Å². The Bertz CT molecular complexity index is 982. The third-order valence-electron chi connectivity index (χ3n) is 5.34. The minimum atomic E-state index is -1.02. The summed E-state index contributed by atoms with van der Waals surface area (Å²) in [5, 5.41) is 2.65. The SMILES string of the molecule is CCc1ccc(N2C[C@H](C(=O)O[C@H](C)C(=O)Nc3ccc(C(C)=O)cc3)CC2=O)cc1. The molecular formula is C24H26N2O5. The van der Waals surface area contributed by atoms with E-state index in [9.17, 15) is 19.2 Å². The van der Waals surface area contributed by atoms with E-state index in [1.54, 1.807) is 29.2 Å². The molecule has 31 heavy (non-hydrogen) atoms. The van der Waals surface area contributed by atoms with Crippen molar-refractivity contribution >= 4 is 34.9 Å². The lowest BCUT2D eigenvalue weighted by Gasteiger charge is -2.18. The highest BCUT2D eigenvalue weighted by Crippen LogP contribution is 2.26. The van der Waals surface area contributed by atoms with Crippen molar-refractivity contribution in [2.24, 2.45) is 5.92 Å². The highest BCUT2D eigenvalue weighted by Gasteiger charge is 2.37. The first-order valence-electron chi connectivity index (χ1n) is 10.3. The molecule has 1 saturated heterocycles. The second-order valence-corrected chi connectivity index (χ2v) is 7.63. The molecule has 0 spiro atoms. The maximum absolute atomic E-state index is 12.5. The number of Topliss-reactive ketones (excluding diaryl/α,β-unsaturated/α-hetero) is 1. The number of carbonyl (C=O) groups excluding carboxylic acids is 4. The number of hydrogen-bond donors (Lipinski definition) is 1. The first-order valence-corrected chi connectivity index (χ1v) is 10.3. The van der Waals surface area contributed by atoms with Gasteiger partial charge in [-0.2, -0.15) is 0 Å². The molecule has 1 fully saturated rings. The predicted octanol–water partition coefficient (Wildman–Crippen LogP) is 3.37. The van der Waals surface area contributed by atoms with Crippen LogP contribution in [0.1, 0.15) is 43.1 Å². The summed E-state index contributed by atoms with van der Waals surface area (Å²) in [5.41, 5.74) is 2.95. The quantitative estimate of drug-likeness (QED) is 0.545. The second-order valence-electron chi connectivity index (χ2n) is 7.63. The van der Waals surface area contributed by atoms with Crippen molar-refractivity contribution in [1.82, 2.24) is 0 Å².